The molecule has 0 spiro atoms. The second-order valence-electron chi connectivity index (χ2n) is 7.61. The number of nitrogens with one attached hydrogen (secondary N) is 2. The molecule has 1 aromatic rings. The van der Waals surface area contributed by atoms with Crippen molar-refractivity contribution < 1.29 is 23.9 Å². The molecule has 1 aromatic carbocycles. The standard InChI is InChI=1S/C20H28N4O5/c1-20(2,3)11-23-14-7-6-13(10-16(14)29-12-22-4)18(26)24-15(19(27)28-5)8-9-17(21)25/h6-7,10,15,23H,8-9,11-12H2,1-3,5H3,(H2,21,25)(H,24,26). The number of hydrogen-bond acceptors (Lipinski definition) is 6. The zero-order valence-corrected chi connectivity index (χ0v) is 17.2. The number of methoxy groups -OCH3 is 1. The summed E-state index contributed by atoms with van der Waals surface area (Å²) in [4.78, 5) is 38.6. The smallest absolute Gasteiger partial charge is 0.357 e. The fraction of sp³-hybridized carbons (Fsp3) is 0.500. The number of ether oxygens (including phenoxy) is 2. The molecule has 9 heteroatoms. The molecule has 29 heavy (non-hydrogen) atoms. The maximum Gasteiger partial charge on any atom is 0.357 e. The Bertz CT molecular complexity index is 780. The quantitative estimate of drug-likeness (QED) is 0.404. The van der Waals surface area contributed by atoms with Gasteiger partial charge in [0.25, 0.3) is 5.91 Å². The van der Waals surface area contributed by atoms with Gasteiger partial charge in [0, 0.05) is 18.5 Å². The number of rotatable bonds is 10. The first-order valence-corrected chi connectivity index (χ1v) is 9.08. The van der Waals surface area contributed by atoms with Crippen molar-refractivity contribution in [3.8, 4) is 5.75 Å². The molecular weight excluding hydrogens is 376 g/mol. The minimum Gasteiger partial charge on any atom is -0.467 e. The molecule has 0 radical (unpaired) electrons. The Morgan fingerprint density at radius 3 is 2.52 bits per heavy atom. The molecule has 0 saturated carbocycles. The summed E-state index contributed by atoms with van der Waals surface area (Å²) in [6, 6.07) is 3.74. The Morgan fingerprint density at radius 2 is 1.97 bits per heavy atom. The highest BCUT2D eigenvalue weighted by atomic mass is 16.5. The van der Waals surface area contributed by atoms with Gasteiger partial charge in [0.1, 0.15) is 6.04 Å². The highest BCUT2D eigenvalue weighted by Crippen LogP contribution is 2.28. The topological polar surface area (TPSA) is 124 Å². The molecule has 0 fully saturated rings. The molecule has 158 valence electrons. The Kier molecular flexibility index (Phi) is 8.93. The third kappa shape index (κ3) is 8.51. The summed E-state index contributed by atoms with van der Waals surface area (Å²) in [7, 11) is 1.19. The second-order valence-corrected chi connectivity index (χ2v) is 7.61. The summed E-state index contributed by atoms with van der Waals surface area (Å²) in [5.41, 5.74) is 6.02. The lowest BCUT2D eigenvalue weighted by atomic mass is 9.97. The van der Waals surface area contributed by atoms with Crippen LogP contribution in [0.25, 0.3) is 4.85 Å². The number of carbonyl (C=O) groups excluding carboxylic acids is 3. The highest BCUT2D eigenvalue weighted by molar-refractivity contribution is 5.97. The van der Waals surface area contributed by atoms with Crippen LogP contribution in [0, 0.1) is 12.0 Å². The van der Waals surface area contributed by atoms with E-state index >= 15 is 0 Å². The summed E-state index contributed by atoms with van der Waals surface area (Å²) in [6.45, 7) is 13.6. The van der Waals surface area contributed by atoms with Crippen LogP contribution in [0.2, 0.25) is 0 Å². The molecule has 1 atom stereocenters. The maximum absolute atomic E-state index is 12.6. The summed E-state index contributed by atoms with van der Waals surface area (Å²) in [6.07, 6.45) is -0.0465. The van der Waals surface area contributed by atoms with E-state index in [0.717, 1.165) is 0 Å². The molecule has 1 rings (SSSR count). The lowest BCUT2D eigenvalue weighted by molar-refractivity contribution is -0.143. The summed E-state index contributed by atoms with van der Waals surface area (Å²) >= 11 is 0. The number of anilines is 1. The lowest BCUT2D eigenvalue weighted by Gasteiger charge is -2.21. The number of esters is 1. The first-order chi connectivity index (χ1) is 13.6. The average Bonchev–Trinajstić information content (AvgIpc) is 2.66. The Hall–Kier alpha value is -3.28. The van der Waals surface area contributed by atoms with E-state index in [1.165, 1.54) is 13.2 Å². The highest BCUT2D eigenvalue weighted by Gasteiger charge is 2.23. The van der Waals surface area contributed by atoms with Crippen molar-refractivity contribution in [2.45, 2.75) is 39.7 Å². The van der Waals surface area contributed by atoms with Crippen molar-refractivity contribution in [1.29, 1.82) is 0 Å². The van der Waals surface area contributed by atoms with Gasteiger partial charge in [0.05, 0.1) is 12.8 Å². The minimum atomic E-state index is -1.01. The van der Waals surface area contributed by atoms with E-state index in [-0.39, 0.29) is 30.6 Å². The molecule has 0 saturated heterocycles. The minimum absolute atomic E-state index is 0.0152. The van der Waals surface area contributed by atoms with Gasteiger partial charge in [-0.2, -0.15) is 0 Å². The predicted octanol–water partition coefficient (Wildman–Crippen LogP) is 1.94. The van der Waals surface area contributed by atoms with Crippen LogP contribution in [-0.4, -0.2) is 44.2 Å². The second kappa shape index (κ2) is 10.9. The first-order valence-electron chi connectivity index (χ1n) is 9.08. The van der Waals surface area contributed by atoms with Crippen molar-refractivity contribution in [3.05, 3.63) is 35.2 Å². The van der Waals surface area contributed by atoms with Crippen LogP contribution < -0.4 is 21.1 Å². The molecule has 0 aliphatic rings. The van der Waals surface area contributed by atoms with Gasteiger partial charge in [-0.15, -0.1) is 0 Å². The van der Waals surface area contributed by atoms with E-state index in [1.54, 1.807) is 12.1 Å². The summed E-state index contributed by atoms with van der Waals surface area (Å²) in [5, 5.41) is 5.78. The van der Waals surface area contributed by atoms with Crippen LogP contribution in [0.3, 0.4) is 0 Å². The number of nitrogens with zero attached hydrogens (tertiary/aromatic N) is 1. The fourth-order valence-electron chi connectivity index (χ4n) is 2.31. The van der Waals surface area contributed by atoms with E-state index in [4.69, 9.17) is 17.0 Å². The fourth-order valence-corrected chi connectivity index (χ4v) is 2.31. The van der Waals surface area contributed by atoms with Crippen LogP contribution in [0.1, 0.15) is 44.0 Å². The van der Waals surface area contributed by atoms with Gasteiger partial charge in [0.15, 0.2) is 5.75 Å². The van der Waals surface area contributed by atoms with E-state index < -0.39 is 23.8 Å². The Labute approximate surface area is 170 Å². The van der Waals surface area contributed by atoms with Crippen molar-refractivity contribution in [3.63, 3.8) is 0 Å². The van der Waals surface area contributed by atoms with Crippen LogP contribution in [0.15, 0.2) is 18.2 Å². The molecule has 1 unspecified atom stereocenters. The normalized spacial score (nSPS) is 11.7. The molecule has 2 amide bonds. The van der Waals surface area contributed by atoms with E-state index in [2.05, 4.69) is 41.0 Å². The van der Waals surface area contributed by atoms with Crippen LogP contribution in [0.5, 0.6) is 5.75 Å². The third-order valence-corrected chi connectivity index (χ3v) is 3.81. The van der Waals surface area contributed by atoms with E-state index in [0.29, 0.717) is 18.0 Å². The van der Waals surface area contributed by atoms with Crippen molar-refractivity contribution >= 4 is 23.5 Å². The zero-order chi connectivity index (χ0) is 22.0. The summed E-state index contributed by atoms with van der Waals surface area (Å²) < 4.78 is 10.1. The molecule has 0 aromatic heterocycles. The van der Waals surface area contributed by atoms with Crippen LogP contribution in [-0.2, 0) is 14.3 Å². The predicted molar refractivity (Wildman–Crippen MR) is 108 cm³/mol. The maximum atomic E-state index is 12.6. The molecule has 0 bridgehead atoms. The average molecular weight is 404 g/mol. The van der Waals surface area contributed by atoms with E-state index in [9.17, 15) is 14.4 Å². The number of nitrogens with two attached hydrogens (primary N) is 1. The molecule has 0 heterocycles. The summed E-state index contributed by atoms with van der Waals surface area (Å²) in [5.74, 6) is -1.45. The van der Waals surface area contributed by atoms with Crippen LogP contribution in [0.4, 0.5) is 5.69 Å². The SMILES string of the molecule is [C-]#[N+]COc1cc(C(=O)NC(CCC(N)=O)C(=O)OC)ccc1NCC(C)(C)C. The number of primary amides is 1. The Morgan fingerprint density at radius 1 is 1.28 bits per heavy atom. The van der Waals surface area contributed by atoms with Gasteiger partial charge in [-0.1, -0.05) is 20.8 Å². The van der Waals surface area contributed by atoms with E-state index in [1.807, 2.05) is 0 Å². The van der Waals surface area contributed by atoms with Gasteiger partial charge < -0.3 is 25.8 Å². The Balaban J connectivity index is 3.02. The third-order valence-electron chi connectivity index (χ3n) is 3.81. The monoisotopic (exact) mass is 404 g/mol. The van der Waals surface area contributed by atoms with Gasteiger partial charge >= 0.3 is 12.7 Å². The van der Waals surface area contributed by atoms with Gasteiger partial charge in [-0.3, -0.25) is 14.4 Å². The number of amides is 2. The molecule has 4 N–H and O–H groups in total. The van der Waals surface area contributed by atoms with Crippen molar-refractivity contribution in [2.75, 3.05) is 25.7 Å². The largest absolute Gasteiger partial charge is 0.467 e. The van der Waals surface area contributed by atoms with Crippen molar-refractivity contribution in [1.82, 2.24) is 5.32 Å². The molecule has 0 aliphatic carbocycles. The molecule has 9 nitrogen and oxygen atoms in total. The number of carbonyl (C=O) groups is 3. The number of benzene rings is 1. The van der Waals surface area contributed by atoms with Crippen LogP contribution >= 0.6 is 0 Å². The molecular formula is C20H28N4O5. The first kappa shape index (κ1) is 23.8. The zero-order valence-electron chi connectivity index (χ0n) is 17.2. The van der Waals surface area contributed by atoms with Gasteiger partial charge in [-0.05, 0) is 30.0 Å². The van der Waals surface area contributed by atoms with Crippen molar-refractivity contribution in [2.24, 2.45) is 11.1 Å². The lowest BCUT2D eigenvalue weighted by Crippen LogP contribution is -2.42. The number of hydrogen-bond donors (Lipinski definition) is 3. The van der Waals surface area contributed by atoms with Gasteiger partial charge in [0.2, 0.25) is 5.91 Å². The molecule has 0 aliphatic heterocycles. The van der Waals surface area contributed by atoms with Gasteiger partial charge in [-0.25, -0.2) is 11.4 Å².